The highest BCUT2D eigenvalue weighted by Crippen LogP contribution is 1.99. The third kappa shape index (κ3) is 6.39. The second-order valence-electron chi connectivity index (χ2n) is 3.80. The van der Waals surface area contributed by atoms with Crippen LogP contribution in [-0.4, -0.2) is 55.1 Å². The number of carboxylic acids is 1. The predicted octanol–water partition coefficient (Wildman–Crippen LogP) is -0.515. The number of hydrogen-bond acceptors (Lipinski definition) is 3. The highest BCUT2D eigenvalue weighted by Gasteiger charge is 2.16. The number of carbonyl (C=O) groups excluding carboxylic acids is 2. The van der Waals surface area contributed by atoms with E-state index in [1.54, 1.807) is 21.0 Å². The Labute approximate surface area is 100 Å². The van der Waals surface area contributed by atoms with Gasteiger partial charge in [0.15, 0.2) is 0 Å². The molecular weight excluding hydrogens is 226 g/mol. The molecule has 0 bridgehead atoms. The summed E-state index contributed by atoms with van der Waals surface area (Å²) in [4.78, 5) is 34.4. The van der Waals surface area contributed by atoms with Gasteiger partial charge >= 0.3 is 12.0 Å². The number of carboxylic acid groups (broad SMARTS) is 1. The van der Waals surface area contributed by atoms with Crippen LogP contribution in [0.25, 0.3) is 0 Å². The molecule has 1 unspecified atom stereocenters. The van der Waals surface area contributed by atoms with Gasteiger partial charge in [-0.15, -0.1) is 0 Å². The summed E-state index contributed by atoms with van der Waals surface area (Å²) >= 11 is 0. The first kappa shape index (κ1) is 15.2. The summed E-state index contributed by atoms with van der Waals surface area (Å²) < 4.78 is 0. The number of nitrogens with one attached hydrogen (secondary N) is 2. The normalized spacial score (nSPS) is 11.5. The number of amides is 3. The Kier molecular flexibility index (Phi) is 6.69. The lowest BCUT2D eigenvalue weighted by Crippen LogP contribution is -2.43. The third-order valence-corrected chi connectivity index (χ3v) is 2.25. The Morgan fingerprint density at radius 1 is 1.24 bits per heavy atom. The minimum atomic E-state index is -0.947. The first-order valence-electron chi connectivity index (χ1n) is 5.33. The number of carbonyl (C=O) groups is 3. The monoisotopic (exact) mass is 245 g/mol. The van der Waals surface area contributed by atoms with E-state index in [0.29, 0.717) is 6.42 Å². The number of urea groups is 1. The smallest absolute Gasteiger partial charge is 0.315 e. The fraction of sp³-hybridized carbons (Fsp3) is 0.700. The number of rotatable bonds is 6. The highest BCUT2D eigenvalue weighted by atomic mass is 16.4. The Morgan fingerprint density at radius 2 is 1.82 bits per heavy atom. The van der Waals surface area contributed by atoms with Gasteiger partial charge in [0.05, 0.1) is 12.5 Å². The molecule has 0 saturated heterocycles. The van der Waals surface area contributed by atoms with E-state index in [0.717, 1.165) is 0 Å². The molecule has 0 aromatic heterocycles. The molecule has 0 aromatic rings. The van der Waals surface area contributed by atoms with E-state index in [1.165, 1.54) is 4.90 Å². The molecule has 0 radical (unpaired) electrons. The maximum absolute atomic E-state index is 11.2. The van der Waals surface area contributed by atoms with Crippen LogP contribution in [0.15, 0.2) is 0 Å². The quantitative estimate of drug-likeness (QED) is 0.586. The molecule has 7 heteroatoms. The van der Waals surface area contributed by atoms with Gasteiger partial charge in [0.2, 0.25) is 5.91 Å². The Bertz CT molecular complexity index is 291. The van der Waals surface area contributed by atoms with Crippen LogP contribution in [0.1, 0.15) is 13.3 Å². The van der Waals surface area contributed by atoms with Crippen molar-refractivity contribution in [3.05, 3.63) is 0 Å². The molecule has 0 aliphatic carbocycles. The van der Waals surface area contributed by atoms with E-state index in [9.17, 15) is 14.4 Å². The second kappa shape index (κ2) is 7.48. The molecule has 3 amide bonds. The van der Waals surface area contributed by atoms with Crippen LogP contribution in [0.3, 0.4) is 0 Å². The van der Waals surface area contributed by atoms with E-state index in [4.69, 9.17) is 5.11 Å². The van der Waals surface area contributed by atoms with Crippen molar-refractivity contribution in [2.75, 3.05) is 27.2 Å². The van der Waals surface area contributed by atoms with E-state index in [-0.39, 0.29) is 19.0 Å². The molecule has 0 fully saturated rings. The molecule has 0 heterocycles. The fourth-order valence-corrected chi connectivity index (χ4v) is 0.999. The fourth-order valence-electron chi connectivity index (χ4n) is 0.999. The summed E-state index contributed by atoms with van der Waals surface area (Å²) in [6.45, 7) is 1.67. The minimum absolute atomic E-state index is 0.0494. The minimum Gasteiger partial charge on any atom is -0.481 e. The van der Waals surface area contributed by atoms with Crippen molar-refractivity contribution in [2.24, 2.45) is 5.92 Å². The highest BCUT2D eigenvalue weighted by molar-refractivity contribution is 5.83. The Hall–Kier alpha value is -1.79. The topological polar surface area (TPSA) is 98.7 Å². The summed E-state index contributed by atoms with van der Waals surface area (Å²) in [7, 11) is 3.17. The molecule has 0 saturated carbocycles. The largest absolute Gasteiger partial charge is 0.481 e. The standard InChI is InChI=1S/C10H19N3O4/c1-4-7(9(15)16)5-11-10(17)12-6-8(14)13(2)3/h7H,4-6H2,1-3H3,(H,15,16)(H2,11,12,17). The van der Waals surface area contributed by atoms with Gasteiger partial charge in [-0.3, -0.25) is 9.59 Å². The first-order valence-corrected chi connectivity index (χ1v) is 5.33. The molecule has 7 nitrogen and oxygen atoms in total. The molecule has 0 spiro atoms. The number of nitrogens with zero attached hydrogens (tertiary/aromatic N) is 1. The van der Waals surface area contributed by atoms with E-state index < -0.39 is 17.9 Å². The molecule has 3 N–H and O–H groups in total. The zero-order chi connectivity index (χ0) is 13.4. The van der Waals surface area contributed by atoms with Gasteiger partial charge in [-0.1, -0.05) is 6.92 Å². The van der Waals surface area contributed by atoms with Crippen LogP contribution in [-0.2, 0) is 9.59 Å². The van der Waals surface area contributed by atoms with Crippen LogP contribution in [0.4, 0.5) is 4.79 Å². The number of likely N-dealkylation sites (N-methyl/N-ethyl adjacent to an activating group) is 1. The Balaban J connectivity index is 3.87. The summed E-state index contributed by atoms with van der Waals surface area (Å²) in [5.74, 6) is -1.78. The third-order valence-electron chi connectivity index (χ3n) is 2.25. The van der Waals surface area contributed by atoms with Crippen LogP contribution in [0.5, 0.6) is 0 Å². The maximum atomic E-state index is 11.2. The summed E-state index contributed by atoms with van der Waals surface area (Å²) in [5, 5.41) is 13.5. The molecule has 0 aliphatic heterocycles. The van der Waals surface area contributed by atoms with E-state index in [2.05, 4.69) is 10.6 Å². The van der Waals surface area contributed by atoms with Crippen molar-refractivity contribution in [1.82, 2.24) is 15.5 Å². The van der Waals surface area contributed by atoms with Crippen molar-refractivity contribution in [3.63, 3.8) is 0 Å². The molecule has 0 rings (SSSR count). The second-order valence-corrected chi connectivity index (χ2v) is 3.80. The van der Waals surface area contributed by atoms with Crippen molar-refractivity contribution < 1.29 is 19.5 Å². The van der Waals surface area contributed by atoms with Crippen molar-refractivity contribution in [1.29, 1.82) is 0 Å². The van der Waals surface area contributed by atoms with Gasteiger partial charge in [-0.25, -0.2) is 4.79 Å². The van der Waals surface area contributed by atoms with E-state index >= 15 is 0 Å². The molecule has 17 heavy (non-hydrogen) atoms. The average molecular weight is 245 g/mol. The molecule has 98 valence electrons. The van der Waals surface area contributed by atoms with Crippen LogP contribution >= 0.6 is 0 Å². The van der Waals surface area contributed by atoms with Gasteiger partial charge in [0.25, 0.3) is 0 Å². The van der Waals surface area contributed by atoms with Gasteiger partial charge in [-0.05, 0) is 6.42 Å². The van der Waals surface area contributed by atoms with Crippen molar-refractivity contribution >= 4 is 17.9 Å². The maximum Gasteiger partial charge on any atom is 0.315 e. The van der Waals surface area contributed by atoms with Gasteiger partial charge < -0.3 is 20.6 Å². The average Bonchev–Trinajstić information content (AvgIpc) is 2.25. The SMILES string of the molecule is CCC(CNC(=O)NCC(=O)N(C)C)C(=O)O. The lowest BCUT2D eigenvalue weighted by molar-refractivity contribution is -0.141. The number of hydrogen-bond donors (Lipinski definition) is 3. The zero-order valence-corrected chi connectivity index (χ0v) is 10.3. The Morgan fingerprint density at radius 3 is 2.24 bits per heavy atom. The van der Waals surface area contributed by atoms with Crippen LogP contribution in [0.2, 0.25) is 0 Å². The summed E-state index contributed by atoms with van der Waals surface area (Å²) in [6.07, 6.45) is 0.437. The van der Waals surface area contributed by atoms with Crippen molar-refractivity contribution in [2.45, 2.75) is 13.3 Å². The van der Waals surface area contributed by atoms with Crippen LogP contribution in [0, 0.1) is 5.92 Å². The van der Waals surface area contributed by atoms with Gasteiger partial charge in [0, 0.05) is 20.6 Å². The van der Waals surface area contributed by atoms with Gasteiger partial charge in [-0.2, -0.15) is 0 Å². The van der Waals surface area contributed by atoms with E-state index in [1.807, 2.05) is 0 Å². The van der Waals surface area contributed by atoms with Gasteiger partial charge in [0.1, 0.15) is 0 Å². The molecule has 0 aliphatic rings. The summed E-state index contributed by atoms with van der Waals surface area (Å²) in [5.41, 5.74) is 0. The lowest BCUT2D eigenvalue weighted by Gasteiger charge is -2.13. The first-order chi connectivity index (χ1) is 7.88. The zero-order valence-electron chi connectivity index (χ0n) is 10.3. The lowest BCUT2D eigenvalue weighted by atomic mass is 10.1. The predicted molar refractivity (Wildman–Crippen MR) is 61.5 cm³/mol. The molecule has 1 atom stereocenters. The van der Waals surface area contributed by atoms with Crippen LogP contribution < -0.4 is 10.6 Å². The van der Waals surface area contributed by atoms with Crippen molar-refractivity contribution in [3.8, 4) is 0 Å². The molecule has 0 aromatic carbocycles. The summed E-state index contributed by atoms with van der Waals surface area (Å²) in [6, 6.07) is -0.542. The number of aliphatic carboxylic acids is 1. The molecular formula is C10H19N3O4.